The molecule has 0 saturated heterocycles. The summed E-state index contributed by atoms with van der Waals surface area (Å²) < 4.78 is 0. The fourth-order valence-electron chi connectivity index (χ4n) is 1.74. The topological polar surface area (TPSA) is 66.6 Å². The Bertz CT molecular complexity index is 295. The zero-order valence-corrected chi connectivity index (χ0v) is 12.5. The van der Waals surface area contributed by atoms with Gasteiger partial charge in [0.25, 0.3) is 0 Å². The van der Waals surface area contributed by atoms with Crippen LogP contribution in [0.5, 0.6) is 0 Å². The Morgan fingerprint density at radius 1 is 1.17 bits per heavy atom. The first kappa shape index (κ1) is 16.9. The molecule has 0 aromatic carbocycles. The molecule has 1 unspecified atom stereocenters. The maximum atomic E-state index is 12.2. The van der Waals surface area contributed by atoms with Crippen molar-refractivity contribution >= 4 is 11.8 Å². The van der Waals surface area contributed by atoms with Crippen LogP contribution in [0.25, 0.3) is 0 Å². The predicted molar refractivity (Wildman–Crippen MR) is 72.9 cm³/mol. The molecule has 0 spiro atoms. The van der Waals surface area contributed by atoms with Gasteiger partial charge in [-0.05, 0) is 11.8 Å². The van der Waals surface area contributed by atoms with E-state index in [1.807, 2.05) is 0 Å². The van der Waals surface area contributed by atoms with Crippen molar-refractivity contribution in [1.29, 1.82) is 0 Å². The van der Waals surface area contributed by atoms with Crippen molar-refractivity contribution in [2.45, 2.75) is 27.2 Å². The number of amides is 2. The van der Waals surface area contributed by atoms with Crippen molar-refractivity contribution in [3.05, 3.63) is 0 Å². The number of nitrogens with zero attached hydrogens (tertiary/aromatic N) is 2. The molecule has 5 heteroatoms. The van der Waals surface area contributed by atoms with Crippen LogP contribution in [-0.2, 0) is 9.59 Å². The molecule has 0 rings (SSSR count). The third-order valence-corrected chi connectivity index (χ3v) is 2.74. The lowest BCUT2D eigenvalue weighted by Gasteiger charge is -2.28. The molecule has 5 nitrogen and oxygen atoms in total. The lowest BCUT2D eigenvalue weighted by atomic mass is 9.84. The summed E-state index contributed by atoms with van der Waals surface area (Å²) in [7, 11) is 5.00. The molecule has 0 aliphatic rings. The largest absolute Gasteiger partial charge is 0.347 e. The van der Waals surface area contributed by atoms with Crippen LogP contribution in [-0.4, -0.2) is 55.8 Å². The van der Waals surface area contributed by atoms with Gasteiger partial charge in [0.1, 0.15) is 0 Å². The minimum Gasteiger partial charge on any atom is -0.347 e. The first-order valence-corrected chi connectivity index (χ1v) is 6.23. The Morgan fingerprint density at radius 3 is 2.00 bits per heavy atom. The Hall–Kier alpha value is -1.10. The highest BCUT2D eigenvalue weighted by molar-refractivity contribution is 5.85. The lowest BCUT2D eigenvalue weighted by molar-refractivity contribution is -0.141. The average Bonchev–Trinajstić information content (AvgIpc) is 2.23. The normalized spacial score (nSPS) is 13.1. The molecule has 1 atom stereocenters. The first-order chi connectivity index (χ1) is 8.08. The van der Waals surface area contributed by atoms with E-state index >= 15 is 0 Å². The van der Waals surface area contributed by atoms with Crippen LogP contribution in [0.2, 0.25) is 0 Å². The quantitative estimate of drug-likeness (QED) is 0.782. The van der Waals surface area contributed by atoms with Gasteiger partial charge in [-0.1, -0.05) is 20.8 Å². The number of carbonyl (C=O) groups is 2. The highest BCUT2D eigenvalue weighted by atomic mass is 16.2. The average molecular weight is 257 g/mol. The molecule has 0 aliphatic carbocycles. The summed E-state index contributed by atoms with van der Waals surface area (Å²) in [5.41, 5.74) is 5.71. The molecule has 0 radical (unpaired) electrons. The van der Waals surface area contributed by atoms with E-state index in [0.717, 1.165) is 6.42 Å². The van der Waals surface area contributed by atoms with Crippen molar-refractivity contribution in [2.24, 2.45) is 17.1 Å². The van der Waals surface area contributed by atoms with E-state index in [-0.39, 0.29) is 29.7 Å². The van der Waals surface area contributed by atoms with Gasteiger partial charge in [0.05, 0.1) is 12.5 Å². The van der Waals surface area contributed by atoms with Gasteiger partial charge < -0.3 is 15.5 Å². The molecule has 0 saturated carbocycles. The third-order valence-electron chi connectivity index (χ3n) is 2.74. The van der Waals surface area contributed by atoms with Crippen molar-refractivity contribution < 1.29 is 9.59 Å². The van der Waals surface area contributed by atoms with Crippen LogP contribution in [0.15, 0.2) is 0 Å². The zero-order chi connectivity index (χ0) is 14.5. The van der Waals surface area contributed by atoms with Gasteiger partial charge in [-0.25, -0.2) is 0 Å². The number of hydrogen-bond acceptors (Lipinski definition) is 3. The molecule has 0 heterocycles. The standard InChI is InChI=1S/C13H27N3O2/c1-13(2,3)7-10(8-14)12(18)16(6)9-11(17)15(4)5/h10H,7-9,14H2,1-6H3. The van der Waals surface area contributed by atoms with E-state index in [0.29, 0.717) is 6.54 Å². The molecule has 0 aliphatic heterocycles. The highest BCUT2D eigenvalue weighted by Crippen LogP contribution is 2.24. The maximum absolute atomic E-state index is 12.2. The van der Waals surface area contributed by atoms with Crippen LogP contribution in [0.4, 0.5) is 0 Å². The van der Waals surface area contributed by atoms with Gasteiger partial charge >= 0.3 is 0 Å². The van der Waals surface area contributed by atoms with Crippen LogP contribution in [0.3, 0.4) is 0 Å². The Morgan fingerprint density at radius 2 is 1.67 bits per heavy atom. The number of carbonyl (C=O) groups excluding carboxylic acids is 2. The maximum Gasteiger partial charge on any atom is 0.241 e. The summed E-state index contributed by atoms with van der Waals surface area (Å²) in [4.78, 5) is 26.7. The molecular formula is C13H27N3O2. The summed E-state index contributed by atoms with van der Waals surface area (Å²) in [5.74, 6) is -0.357. The minimum absolute atomic E-state index is 0.0477. The summed E-state index contributed by atoms with van der Waals surface area (Å²) in [6, 6.07) is 0. The van der Waals surface area contributed by atoms with Gasteiger partial charge in [0, 0.05) is 27.7 Å². The van der Waals surface area contributed by atoms with Crippen LogP contribution in [0.1, 0.15) is 27.2 Å². The SMILES string of the molecule is CN(C)C(=O)CN(C)C(=O)C(CN)CC(C)(C)C. The van der Waals surface area contributed by atoms with E-state index in [9.17, 15) is 9.59 Å². The number of likely N-dealkylation sites (N-methyl/N-ethyl adjacent to an activating group) is 2. The number of hydrogen-bond donors (Lipinski definition) is 1. The number of nitrogens with two attached hydrogens (primary N) is 1. The summed E-state index contributed by atoms with van der Waals surface area (Å²) >= 11 is 0. The Kier molecular flexibility index (Phi) is 6.32. The van der Waals surface area contributed by atoms with Crippen molar-refractivity contribution in [3.8, 4) is 0 Å². The molecule has 2 amide bonds. The second kappa shape index (κ2) is 6.73. The van der Waals surface area contributed by atoms with Crippen molar-refractivity contribution in [1.82, 2.24) is 9.80 Å². The van der Waals surface area contributed by atoms with Crippen LogP contribution < -0.4 is 5.73 Å². The fraction of sp³-hybridized carbons (Fsp3) is 0.846. The summed E-state index contributed by atoms with van der Waals surface area (Å²) in [5, 5.41) is 0. The highest BCUT2D eigenvalue weighted by Gasteiger charge is 2.27. The van der Waals surface area contributed by atoms with E-state index in [1.165, 1.54) is 9.80 Å². The predicted octanol–water partition coefficient (Wildman–Crippen LogP) is 0.544. The van der Waals surface area contributed by atoms with Gasteiger partial charge in [0.2, 0.25) is 11.8 Å². The molecule has 0 aromatic heterocycles. The van der Waals surface area contributed by atoms with Crippen molar-refractivity contribution in [2.75, 3.05) is 34.2 Å². The second-order valence-corrected chi connectivity index (χ2v) is 6.18. The lowest BCUT2D eigenvalue weighted by Crippen LogP contribution is -2.43. The monoisotopic (exact) mass is 257 g/mol. The Labute approximate surface area is 110 Å². The fourth-order valence-corrected chi connectivity index (χ4v) is 1.74. The smallest absolute Gasteiger partial charge is 0.241 e. The van der Waals surface area contributed by atoms with Gasteiger partial charge in [-0.15, -0.1) is 0 Å². The molecule has 106 valence electrons. The molecular weight excluding hydrogens is 230 g/mol. The molecule has 2 N–H and O–H groups in total. The Balaban J connectivity index is 4.55. The minimum atomic E-state index is -0.218. The zero-order valence-electron chi connectivity index (χ0n) is 12.5. The van der Waals surface area contributed by atoms with Gasteiger partial charge in [-0.3, -0.25) is 9.59 Å². The number of rotatable bonds is 5. The van der Waals surface area contributed by atoms with Crippen LogP contribution in [0, 0.1) is 11.3 Å². The van der Waals surface area contributed by atoms with E-state index in [1.54, 1.807) is 21.1 Å². The summed E-state index contributed by atoms with van der Waals surface area (Å²) in [6.45, 7) is 6.65. The second-order valence-electron chi connectivity index (χ2n) is 6.18. The van der Waals surface area contributed by atoms with Gasteiger partial charge in [-0.2, -0.15) is 0 Å². The summed E-state index contributed by atoms with van der Waals surface area (Å²) in [6.07, 6.45) is 0.725. The van der Waals surface area contributed by atoms with Crippen molar-refractivity contribution in [3.63, 3.8) is 0 Å². The van der Waals surface area contributed by atoms with E-state index in [2.05, 4.69) is 20.8 Å². The van der Waals surface area contributed by atoms with Gasteiger partial charge in [0.15, 0.2) is 0 Å². The van der Waals surface area contributed by atoms with E-state index in [4.69, 9.17) is 5.73 Å². The molecule has 18 heavy (non-hydrogen) atoms. The van der Waals surface area contributed by atoms with Crippen LogP contribution >= 0.6 is 0 Å². The third kappa shape index (κ3) is 6.00. The van der Waals surface area contributed by atoms with E-state index < -0.39 is 0 Å². The molecule has 0 fully saturated rings. The molecule has 0 aromatic rings. The molecule has 0 bridgehead atoms. The first-order valence-electron chi connectivity index (χ1n) is 6.23.